The van der Waals surface area contributed by atoms with Gasteiger partial charge in [-0.05, 0) is 24.6 Å². The van der Waals surface area contributed by atoms with E-state index in [9.17, 15) is 24.1 Å². The van der Waals surface area contributed by atoms with Gasteiger partial charge in [-0.3, -0.25) is 24.6 Å². The monoisotopic (exact) mass is 344 g/mol. The zero-order valence-electron chi connectivity index (χ0n) is 13.0. The predicted molar refractivity (Wildman–Crippen MR) is 85.0 cm³/mol. The lowest BCUT2D eigenvalue weighted by Crippen LogP contribution is -2.31. The highest BCUT2D eigenvalue weighted by atomic mass is 19.1. The number of benzene rings is 2. The van der Waals surface area contributed by atoms with Crippen LogP contribution in [0.15, 0.2) is 42.5 Å². The SMILES string of the molecule is O=C1c2ccccc2C(=O)N1CCCOc1ccc([N+](=O)[O-])cc1F. The summed E-state index contributed by atoms with van der Waals surface area (Å²) >= 11 is 0. The molecule has 0 saturated heterocycles. The molecule has 0 spiro atoms. The number of hydrogen-bond donors (Lipinski definition) is 0. The number of halogens is 1. The number of nitro benzene ring substituents is 1. The van der Waals surface area contributed by atoms with Crippen molar-refractivity contribution >= 4 is 17.5 Å². The molecule has 2 amide bonds. The second kappa shape index (κ2) is 6.68. The molecule has 0 aliphatic carbocycles. The molecule has 0 unspecified atom stereocenters. The van der Waals surface area contributed by atoms with Crippen molar-refractivity contribution in [3.8, 4) is 5.75 Å². The molecule has 3 rings (SSSR count). The van der Waals surface area contributed by atoms with E-state index < -0.39 is 10.7 Å². The van der Waals surface area contributed by atoms with E-state index in [0.29, 0.717) is 17.5 Å². The second-order valence-corrected chi connectivity index (χ2v) is 5.38. The normalized spacial score (nSPS) is 13.1. The van der Waals surface area contributed by atoms with Gasteiger partial charge in [0.25, 0.3) is 17.5 Å². The van der Waals surface area contributed by atoms with Crippen LogP contribution in [0, 0.1) is 15.9 Å². The molecule has 0 aromatic heterocycles. The van der Waals surface area contributed by atoms with Gasteiger partial charge in [0, 0.05) is 12.6 Å². The second-order valence-electron chi connectivity index (χ2n) is 5.38. The predicted octanol–water partition coefficient (Wildman–Crippen LogP) is 2.80. The number of amides is 2. The molecule has 8 heteroatoms. The van der Waals surface area contributed by atoms with E-state index in [-0.39, 0.29) is 36.4 Å². The number of fused-ring (bicyclic) bond motifs is 1. The average Bonchev–Trinajstić information content (AvgIpc) is 2.84. The van der Waals surface area contributed by atoms with Gasteiger partial charge in [-0.15, -0.1) is 0 Å². The van der Waals surface area contributed by atoms with Crippen molar-refractivity contribution in [2.45, 2.75) is 6.42 Å². The fourth-order valence-corrected chi connectivity index (χ4v) is 2.57. The van der Waals surface area contributed by atoms with E-state index in [1.165, 1.54) is 6.07 Å². The maximum Gasteiger partial charge on any atom is 0.272 e. The van der Waals surface area contributed by atoms with Crippen LogP contribution in [-0.4, -0.2) is 34.8 Å². The van der Waals surface area contributed by atoms with Crippen molar-refractivity contribution in [3.05, 3.63) is 69.5 Å². The summed E-state index contributed by atoms with van der Waals surface area (Å²) in [6, 6.07) is 9.66. The Morgan fingerprint density at radius 3 is 2.28 bits per heavy atom. The third-order valence-electron chi connectivity index (χ3n) is 3.79. The number of carbonyl (C=O) groups excluding carboxylic acids is 2. The fraction of sp³-hybridized carbons (Fsp3) is 0.176. The van der Waals surface area contributed by atoms with Crippen LogP contribution >= 0.6 is 0 Å². The molecule has 1 aliphatic heterocycles. The summed E-state index contributed by atoms with van der Waals surface area (Å²) in [6.45, 7) is 0.198. The number of rotatable bonds is 6. The largest absolute Gasteiger partial charge is 0.490 e. The van der Waals surface area contributed by atoms with E-state index in [1.54, 1.807) is 24.3 Å². The van der Waals surface area contributed by atoms with Crippen molar-refractivity contribution in [2.75, 3.05) is 13.2 Å². The van der Waals surface area contributed by atoms with Gasteiger partial charge in [0.15, 0.2) is 11.6 Å². The molecule has 0 fully saturated rings. The Kier molecular flexibility index (Phi) is 4.42. The molecule has 0 bridgehead atoms. The van der Waals surface area contributed by atoms with Crippen molar-refractivity contribution in [1.29, 1.82) is 0 Å². The molecule has 0 atom stereocenters. The highest BCUT2D eigenvalue weighted by Gasteiger charge is 2.34. The van der Waals surface area contributed by atoms with Gasteiger partial charge in [-0.2, -0.15) is 0 Å². The van der Waals surface area contributed by atoms with Crippen molar-refractivity contribution < 1.29 is 23.6 Å². The van der Waals surface area contributed by atoms with Crippen LogP contribution < -0.4 is 4.74 Å². The van der Waals surface area contributed by atoms with Gasteiger partial charge in [-0.25, -0.2) is 4.39 Å². The van der Waals surface area contributed by atoms with Crippen molar-refractivity contribution in [3.63, 3.8) is 0 Å². The first kappa shape index (κ1) is 16.6. The maximum atomic E-state index is 13.7. The minimum absolute atomic E-state index is 0.0577. The molecule has 0 saturated carbocycles. The zero-order chi connectivity index (χ0) is 18.0. The Hall–Kier alpha value is -3.29. The first-order chi connectivity index (χ1) is 12.0. The van der Waals surface area contributed by atoms with Gasteiger partial charge in [0.05, 0.1) is 28.7 Å². The van der Waals surface area contributed by atoms with Crippen LogP contribution in [0.5, 0.6) is 5.75 Å². The van der Waals surface area contributed by atoms with E-state index in [1.807, 2.05) is 0 Å². The summed E-state index contributed by atoms with van der Waals surface area (Å²) in [6.07, 6.45) is 0.307. The summed E-state index contributed by atoms with van der Waals surface area (Å²) in [5.41, 5.74) is 0.375. The summed E-state index contributed by atoms with van der Waals surface area (Å²) in [5, 5.41) is 10.6. The lowest BCUT2D eigenvalue weighted by Gasteiger charge is -2.14. The zero-order valence-corrected chi connectivity index (χ0v) is 13.0. The maximum absolute atomic E-state index is 13.7. The Bertz CT molecular complexity index is 833. The van der Waals surface area contributed by atoms with Gasteiger partial charge in [0.2, 0.25) is 0 Å². The number of imide groups is 1. The number of non-ortho nitro benzene ring substituents is 1. The minimum Gasteiger partial charge on any atom is -0.490 e. The number of carbonyl (C=O) groups is 2. The van der Waals surface area contributed by atoms with E-state index >= 15 is 0 Å². The molecule has 0 radical (unpaired) electrons. The van der Waals surface area contributed by atoms with Crippen LogP contribution in [0.1, 0.15) is 27.1 Å². The van der Waals surface area contributed by atoms with Gasteiger partial charge in [0.1, 0.15) is 0 Å². The topological polar surface area (TPSA) is 89.8 Å². The Morgan fingerprint density at radius 1 is 1.08 bits per heavy atom. The fourth-order valence-electron chi connectivity index (χ4n) is 2.57. The number of nitro groups is 1. The van der Waals surface area contributed by atoms with Crippen LogP contribution in [0.3, 0.4) is 0 Å². The molecule has 25 heavy (non-hydrogen) atoms. The Morgan fingerprint density at radius 2 is 1.72 bits per heavy atom. The molecule has 0 N–H and O–H groups in total. The van der Waals surface area contributed by atoms with Crippen LogP contribution in [0.4, 0.5) is 10.1 Å². The number of ether oxygens (including phenoxy) is 1. The van der Waals surface area contributed by atoms with E-state index in [2.05, 4.69) is 0 Å². The van der Waals surface area contributed by atoms with Gasteiger partial charge in [-0.1, -0.05) is 12.1 Å². The first-order valence-corrected chi connectivity index (χ1v) is 7.51. The molecule has 7 nitrogen and oxygen atoms in total. The third-order valence-corrected chi connectivity index (χ3v) is 3.79. The Labute approximate surface area is 141 Å². The quantitative estimate of drug-likeness (QED) is 0.348. The highest BCUT2D eigenvalue weighted by molar-refractivity contribution is 6.21. The first-order valence-electron chi connectivity index (χ1n) is 7.51. The summed E-state index contributed by atoms with van der Waals surface area (Å²) in [4.78, 5) is 35.3. The number of nitrogens with zero attached hydrogens (tertiary/aromatic N) is 2. The molecule has 128 valence electrons. The summed E-state index contributed by atoms with van der Waals surface area (Å²) in [5.74, 6) is -1.67. The third kappa shape index (κ3) is 3.18. The smallest absolute Gasteiger partial charge is 0.272 e. The Balaban J connectivity index is 1.55. The molecule has 2 aromatic rings. The molecule has 2 aromatic carbocycles. The highest BCUT2D eigenvalue weighted by Crippen LogP contribution is 2.24. The van der Waals surface area contributed by atoms with E-state index in [4.69, 9.17) is 4.74 Å². The average molecular weight is 344 g/mol. The van der Waals surface area contributed by atoms with E-state index in [0.717, 1.165) is 17.0 Å². The van der Waals surface area contributed by atoms with Crippen LogP contribution in [0.25, 0.3) is 0 Å². The van der Waals surface area contributed by atoms with Crippen molar-refractivity contribution in [2.24, 2.45) is 0 Å². The number of hydrogen-bond acceptors (Lipinski definition) is 5. The standard InChI is InChI=1S/C17H13FN2O5/c18-14-10-11(20(23)24)6-7-15(14)25-9-3-8-19-16(21)12-4-1-2-5-13(12)17(19)22/h1-2,4-7,10H,3,8-9H2. The van der Waals surface area contributed by atoms with Gasteiger partial charge >= 0.3 is 0 Å². The van der Waals surface area contributed by atoms with Crippen molar-refractivity contribution in [1.82, 2.24) is 4.90 Å². The molecule has 1 aliphatic rings. The van der Waals surface area contributed by atoms with Crippen LogP contribution in [0.2, 0.25) is 0 Å². The minimum atomic E-state index is -0.838. The molecular weight excluding hydrogens is 331 g/mol. The molecular formula is C17H13FN2O5. The molecule has 1 heterocycles. The lowest BCUT2D eigenvalue weighted by molar-refractivity contribution is -0.385. The van der Waals surface area contributed by atoms with Gasteiger partial charge < -0.3 is 4.74 Å². The lowest BCUT2D eigenvalue weighted by atomic mass is 10.1. The summed E-state index contributed by atoms with van der Waals surface area (Å²) in [7, 11) is 0. The van der Waals surface area contributed by atoms with Crippen LogP contribution in [-0.2, 0) is 0 Å². The summed E-state index contributed by atoms with van der Waals surface area (Å²) < 4.78 is 18.9.